The fraction of sp³-hybridized carbons (Fsp3) is 0.625. The highest BCUT2D eigenvalue weighted by atomic mass is 35.5. The van der Waals surface area contributed by atoms with Gasteiger partial charge in [0.1, 0.15) is 0 Å². The standard InChI is InChI=1S/C16H27N3O2S.ClH/c1-14-10-15(2)12-19(11-14)22(20,21)18(9-8-17)13-16-6-4-3-5-7-16;/h3-7,14-15H,8-13,17H2,1-2H3;1H. The lowest BCUT2D eigenvalue weighted by Gasteiger charge is -2.37. The Morgan fingerprint density at radius 2 is 1.74 bits per heavy atom. The maximum atomic E-state index is 13.0. The molecule has 2 atom stereocenters. The first-order chi connectivity index (χ1) is 10.4. The van der Waals surface area contributed by atoms with Gasteiger partial charge in [0.25, 0.3) is 10.2 Å². The lowest BCUT2D eigenvalue weighted by atomic mass is 9.94. The molecule has 2 N–H and O–H groups in total. The number of nitrogens with two attached hydrogens (primary N) is 1. The molecule has 1 aliphatic rings. The minimum Gasteiger partial charge on any atom is -0.329 e. The van der Waals surface area contributed by atoms with Gasteiger partial charge in [0.05, 0.1) is 0 Å². The van der Waals surface area contributed by atoms with Crippen LogP contribution < -0.4 is 5.73 Å². The summed E-state index contributed by atoms with van der Waals surface area (Å²) in [5, 5.41) is 0. The predicted octanol–water partition coefficient (Wildman–Crippen LogP) is 2.09. The smallest absolute Gasteiger partial charge is 0.282 e. The number of benzene rings is 1. The first kappa shape index (κ1) is 20.4. The summed E-state index contributed by atoms with van der Waals surface area (Å²) in [7, 11) is -3.46. The Hall–Kier alpha value is -0.660. The van der Waals surface area contributed by atoms with Gasteiger partial charge in [-0.1, -0.05) is 44.2 Å². The molecule has 5 nitrogen and oxygen atoms in total. The zero-order valence-corrected chi connectivity index (χ0v) is 15.5. The minimum atomic E-state index is -3.46. The molecule has 0 radical (unpaired) electrons. The summed E-state index contributed by atoms with van der Waals surface area (Å²) >= 11 is 0. The van der Waals surface area contributed by atoms with Crippen LogP contribution in [0.4, 0.5) is 0 Å². The second-order valence-electron chi connectivity index (χ2n) is 6.38. The van der Waals surface area contributed by atoms with Gasteiger partial charge in [-0.3, -0.25) is 0 Å². The molecule has 0 bridgehead atoms. The third kappa shape index (κ3) is 5.43. The molecule has 1 aromatic rings. The summed E-state index contributed by atoms with van der Waals surface area (Å²) in [5.41, 5.74) is 6.62. The number of halogens is 1. The van der Waals surface area contributed by atoms with Gasteiger partial charge in [-0.25, -0.2) is 0 Å². The van der Waals surface area contributed by atoms with E-state index in [-0.39, 0.29) is 12.4 Å². The molecule has 23 heavy (non-hydrogen) atoms. The Balaban J connectivity index is 0.00000264. The van der Waals surface area contributed by atoms with Crippen molar-refractivity contribution in [1.29, 1.82) is 0 Å². The molecule has 1 fully saturated rings. The normalized spacial score (nSPS) is 22.8. The maximum Gasteiger partial charge on any atom is 0.282 e. The molecule has 0 aromatic heterocycles. The van der Waals surface area contributed by atoms with Crippen molar-refractivity contribution in [2.75, 3.05) is 26.2 Å². The van der Waals surface area contributed by atoms with Crippen LogP contribution in [-0.4, -0.2) is 43.2 Å². The number of piperidine rings is 1. The third-order valence-corrected chi connectivity index (χ3v) is 5.98. The van der Waals surface area contributed by atoms with E-state index in [1.54, 1.807) is 4.31 Å². The van der Waals surface area contributed by atoms with Crippen LogP contribution in [0.15, 0.2) is 30.3 Å². The van der Waals surface area contributed by atoms with E-state index in [2.05, 4.69) is 13.8 Å². The molecule has 1 saturated heterocycles. The van der Waals surface area contributed by atoms with Gasteiger partial charge in [-0.05, 0) is 23.8 Å². The molecule has 1 aliphatic heterocycles. The van der Waals surface area contributed by atoms with Crippen LogP contribution in [-0.2, 0) is 16.8 Å². The van der Waals surface area contributed by atoms with Crippen LogP contribution in [0, 0.1) is 11.8 Å². The molecule has 0 aliphatic carbocycles. The Bertz CT molecular complexity index is 558. The average Bonchev–Trinajstić information content (AvgIpc) is 2.47. The molecule has 2 unspecified atom stereocenters. The molecule has 132 valence electrons. The molecular formula is C16H28ClN3O2S. The van der Waals surface area contributed by atoms with Gasteiger partial charge in [0.15, 0.2) is 0 Å². The molecule has 7 heteroatoms. The minimum absolute atomic E-state index is 0. The molecule has 0 spiro atoms. The van der Waals surface area contributed by atoms with Crippen molar-refractivity contribution in [2.24, 2.45) is 17.6 Å². The summed E-state index contributed by atoms with van der Waals surface area (Å²) in [5.74, 6) is 0.796. The van der Waals surface area contributed by atoms with Gasteiger partial charge in [-0.2, -0.15) is 17.0 Å². The van der Waals surface area contributed by atoms with Gasteiger partial charge in [0, 0.05) is 32.7 Å². The zero-order valence-electron chi connectivity index (χ0n) is 13.9. The summed E-state index contributed by atoms with van der Waals surface area (Å²) < 4.78 is 29.1. The lowest BCUT2D eigenvalue weighted by Crippen LogP contribution is -2.50. The highest BCUT2D eigenvalue weighted by molar-refractivity contribution is 7.86. The highest BCUT2D eigenvalue weighted by Gasteiger charge is 2.34. The predicted molar refractivity (Wildman–Crippen MR) is 96.6 cm³/mol. The summed E-state index contributed by atoms with van der Waals surface area (Å²) in [6.07, 6.45) is 1.08. The fourth-order valence-corrected chi connectivity index (χ4v) is 5.03. The first-order valence-corrected chi connectivity index (χ1v) is 9.32. The molecule has 2 rings (SSSR count). The number of hydrogen-bond acceptors (Lipinski definition) is 3. The van der Waals surface area contributed by atoms with Crippen LogP contribution in [0.5, 0.6) is 0 Å². The van der Waals surface area contributed by atoms with Gasteiger partial charge < -0.3 is 5.73 Å². The summed E-state index contributed by atoms with van der Waals surface area (Å²) in [6, 6.07) is 9.67. The van der Waals surface area contributed by atoms with Crippen LogP contribution in [0.25, 0.3) is 0 Å². The molecule has 1 aromatic carbocycles. The van der Waals surface area contributed by atoms with Crippen molar-refractivity contribution in [3.05, 3.63) is 35.9 Å². The van der Waals surface area contributed by atoms with Crippen LogP contribution in [0.3, 0.4) is 0 Å². The van der Waals surface area contributed by atoms with Crippen molar-refractivity contribution in [3.63, 3.8) is 0 Å². The third-order valence-electron chi connectivity index (χ3n) is 4.07. The molecular weight excluding hydrogens is 334 g/mol. The Kier molecular flexibility index (Phi) is 7.97. The van der Waals surface area contributed by atoms with E-state index in [0.29, 0.717) is 44.6 Å². The van der Waals surface area contributed by atoms with Gasteiger partial charge in [0.2, 0.25) is 0 Å². The zero-order chi connectivity index (χ0) is 16.2. The maximum absolute atomic E-state index is 13.0. The monoisotopic (exact) mass is 361 g/mol. The topological polar surface area (TPSA) is 66.6 Å². The van der Waals surface area contributed by atoms with Crippen molar-refractivity contribution in [3.8, 4) is 0 Å². The number of nitrogens with zero attached hydrogens (tertiary/aromatic N) is 2. The van der Waals surface area contributed by atoms with Crippen molar-refractivity contribution in [2.45, 2.75) is 26.8 Å². The molecule has 1 heterocycles. The van der Waals surface area contributed by atoms with E-state index in [4.69, 9.17) is 5.73 Å². The highest BCUT2D eigenvalue weighted by Crippen LogP contribution is 2.25. The summed E-state index contributed by atoms with van der Waals surface area (Å²) in [6.45, 7) is 6.47. The van der Waals surface area contributed by atoms with E-state index in [9.17, 15) is 8.42 Å². The van der Waals surface area contributed by atoms with Crippen LogP contribution in [0.2, 0.25) is 0 Å². The second-order valence-corrected chi connectivity index (χ2v) is 8.31. The van der Waals surface area contributed by atoms with Gasteiger partial charge in [-0.15, -0.1) is 12.4 Å². The van der Waals surface area contributed by atoms with Gasteiger partial charge >= 0.3 is 0 Å². The Labute approximate surface area is 146 Å². The van der Waals surface area contributed by atoms with E-state index in [1.807, 2.05) is 30.3 Å². The lowest BCUT2D eigenvalue weighted by molar-refractivity contribution is 0.208. The van der Waals surface area contributed by atoms with E-state index in [0.717, 1.165) is 12.0 Å². The number of hydrogen-bond donors (Lipinski definition) is 1. The Morgan fingerprint density at radius 1 is 1.17 bits per heavy atom. The quantitative estimate of drug-likeness (QED) is 0.843. The van der Waals surface area contributed by atoms with Crippen molar-refractivity contribution >= 4 is 22.6 Å². The van der Waals surface area contributed by atoms with E-state index < -0.39 is 10.2 Å². The fourth-order valence-electron chi connectivity index (χ4n) is 3.16. The SMILES string of the molecule is CC1CC(C)CN(S(=O)(=O)N(CCN)Cc2ccccc2)C1.Cl. The van der Waals surface area contributed by atoms with Crippen LogP contribution in [0.1, 0.15) is 25.8 Å². The summed E-state index contributed by atoms with van der Waals surface area (Å²) in [4.78, 5) is 0. The van der Waals surface area contributed by atoms with Crippen molar-refractivity contribution in [1.82, 2.24) is 8.61 Å². The molecule has 0 amide bonds. The number of rotatable bonds is 6. The molecule has 0 saturated carbocycles. The van der Waals surface area contributed by atoms with E-state index in [1.165, 1.54) is 4.31 Å². The van der Waals surface area contributed by atoms with Crippen LogP contribution >= 0.6 is 12.4 Å². The largest absolute Gasteiger partial charge is 0.329 e. The average molecular weight is 362 g/mol. The van der Waals surface area contributed by atoms with Crippen molar-refractivity contribution < 1.29 is 8.42 Å². The Morgan fingerprint density at radius 3 is 2.26 bits per heavy atom. The second kappa shape index (κ2) is 8.99. The first-order valence-electron chi connectivity index (χ1n) is 7.92. The van der Waals surface area contributed by atoms with E-state index >= 15 is 0 Å².